The molecule has 1 aromatic carbocycles. The molecule has 0 saturated heterocycles. The quantitative estimate of drug-likeness (QED) is 0.801. The number of furan rings is 1. The molecule has 0 aliphatic carbocycles. The molecule has 2 rings (SSSR count). The molecule has 0 spiro atoms. The lowest BCUT2D eigenvalue weighted by molar-refractivity contribution is 0.0558. The van der Waals surface area contributed by atoms with Crippen molar-refractivity contribution >= 4 is 5.97 Å². The fourth-order valence-electron chi connectivity index (χ4n) is 1.78. The predicted molar refractivity (Wildman–Crippen MR) is 70.2 cm³/mol. The Morgan fingerprint density at radius 3 is 2.70 bits per heavy atom. The van der Waals surface area contributed by atoms with Gasteiger partial charge in [-0.2, -0.15) is 0 Å². The number of halogens is 1. The average Bonchev–Trinajstić information content (AvgIpc) is 2.90. The van der Waals surface area contributed by atoms with Crippen LogP contribution in [0, 0.1) is 12.7 Å². The van der Waals surface area contributed by atoms with Crippen LogP contribution in [-0.2, 0) is 4.74 Å². The van der Waals surface area contributed by atoms with E-state index in [4.69, 9.17) is 9.15 Å². The Kier molecular flexibility index (Phi) is 4.08. The molecular weight excluding hydrogens is 263 g/mol. The standard InChI is InChI=1S/C15H15FO4/c1-9-8-11(16)4-5-12(9)19-10(2)13-6-7-14(20-13)15(17)18-3/h4-8,10H,1-3H3. The first-order valence-corrected chi connectivity index (χ1v) is 6.12. The molecule has 0 amide bonds. The average molecular weight is 278 g/mol. The topological polar surface area (TPSA) is 48.7 Å². The van der Waals surface area contributed by atoms with Crippen molar-refractivity contribution in [2.75, 3.05) is 7.11 Å². The lowest BCUT2D eigenvalue weighted by Gasteiger charge is -2.14. The van der Waals surface area contributed by atoms with Crippen molar-refractivity contribution in [2.24, 2.45) is 0 Å². The van der Waals surface area contributed by atoms with Gasteiger partial charge in [0, 0.05) is 0 Å². The second-order valence-electron chi connectivity index (χ2n) is 4.36. The summed E-state index contributed by atoms with van der Waals surface area (Å²) in [6.45, 7) is 3.54. The summed E-state index contributed by atoms with van der Waals surface area (Å²) in [5.74, 6) is 0.327. The maximum Gasteiger partial charge on any atom is 0.373 e. The van der Waals surface area contributed by atoms with E-state index in [9.17, 15) is 9.18 Å². The third kappa shape index (κ3) is 2.99. The number of esters is 1. The van der Waals surface area contributed by atoms with Crippen LogP contribution in [-0.4, -0.2) is 13.1 Å². The molecule has 5 heteroatoms. The monoisotopic (exact) mass is 278 g/mol. The summed E-state index contributed by atoms with van der Waals surface area (Å²) in [4.78, 5) is 11.3. The van der Waals surface area contributed by atoms with Crippen LogP contribution in [0.3, 0.4) is 0 Å². The van der Waals surface area contributed by atoms with Gasteiger partial charge in [0.05, 0.1) is 7.11 Å². The maximum absolute atomic E-state index is 13.0. The Bertz CT molecular complexity index is 618. The zero-order valence-electron chi connectivity index (χ0n) is 11.5. The molecule has 0 bridgehead atoms. The molecule has 0 aliphatic heterocycles. The smallest absolute Gasteiger partial charge is 0.373 e. The van der Waals surface area contributed by atoms with Gasteiger partial charge in [0.2, 0.25) is 5.76 Å². The Morgan fingerprint density at radius 2 is 2.05 bits per heavy atom. The Balaban J connectivity index is 2.13. The Morgan fingerprint density at radius 1 is 1.30 bits per heavy atom. The minimum absolute atomic E-state index is 0.119. The van der Waals surface area contributed by atoms with Crippen molar-refractivity contribution in [2.45, 2.75) is 20.0 Å². The van der Waals surface area contributed by atoms with Crippen LogP contribution in [0.2, 0.25) is 0 Å². The van der Waals surface area contributed by atoms with Gasteiger partial charge in [0.1, 0.15) is 17.3 Å². The number of hydrogen-bond acceptors (Lipinski definition) is 4. The molecule has 0 N–H and O–H groups in total. The minimum Gasteiger partial charge on any atom is -0.483 e. The summed E-state index contributed by atoms with van der Waals surface area (Å²) in [6.07, 6.45) is -0.405. The molecule has 0 fully saturated rings. The van der Waals surface area contributed by atoms with Crippen molar-refractivity contribution in [3.8, 4) is 5.75 Å². The Hall–Kier alpha value is -2.30. The molecule has 0 aliphatic rings. The van der Waals surface area contributed by atoms with Gasteiger partial charge >= 0.3 is 5.97 Å². The van der Waals surface area contributed by atoms with Crippen molar-refractivity contribution in [1.82, 2.24) is 0 Å². The van der Waals surface area contributed by atoms with Crippen LogP contribution in [0.4, 0.5) is 4.39 Å². The maximum atomic E-state index is 13.0. The largest absolute Gasteiger partial charge is 0.483 e. The highest BCUT2D eigenvalue weighted by Crippen LogP contribution is 2.26. The van der Waals surface area contributed by atoms with Crippen molar-refractivity contribution < 1.29 is 23.1 Å². The van der Waals surface area contributed by atoms with Crippen LogP contribution >= 0.6 is 0 Å². The SMILES string of the molecule is COC(=O)c1ccc(C(C)Oc2ccc(F)cc2C)o1. The summed E-state index contributed by atoms with van der Waals surface area (Å²) in [5, 5.41) is 0. The third-order valence-corrected chi connectivity index (χ3v) is 2.85. The van der Waals surface area contributed by atoms with Crippen molar-refractivity contribution in [1.29, 1.82) is 0 Å². The van der Waals surface area contributed by atoms with E-state index in [-0.39, 0.29) is 11.6 Å². The fraction of sp³-hybridized carbons (Fsp3) is 0.267. The second kappa shape index (κ2) is 5.77. The highest BCUT2D eigenvalue weighted by molar-refractivity contribution is 5.86. The number of aryl methyl sites for hydroxylation is 1. The first-order chi connectivity index (χ1) is 9.51. The molecule has 1 atom stereocenters. The first kappa shape index (κ1) is 14.1. The van der Waals surface area contributed by atoms with Crippen LogP contribution in [0.5, 0.6) is 5.75 Å². The minimum atomic E-state index is -0.540. The third-order valence-electron chi connectivity index (χ3n) is 2.85. The van der Waals surface area contributed by atoms with Crippen molar-refractivity contribution in [3.05, 3.63) is 53.2 Å². The highest BCUT2D eigenvalue weighted by Gasteiger charge is 2.17. The van der Waals surface area contributed by atoms with Gasteiger partial charge < -0.3 is 13.9 Å². The molecule has 20 heavy (non-hydrogen) atoms. The summed E-state index contributed by atoms with van der Waals surface area (Å²) >= 11 is 0. The molecule has 106 valence electrons. The number of methoxy groups -OCH3 is 1. The van der Waals surface area contributed by atoms with Gasteiger partial charge in [-0.25, -0.2) is 9.18 Å². The first-order valence-electron chi connectivity index (χ1n) is 6.12. The van der Waals surface area contributed by atoms with E-state index in [0.29, 0.717) is 17.1 Å². The summed E-state index contributed by atoms with van der Waals surface area (Å²) in [6, 6.07) is 7.46. The predicted octanol–water partition coefficient (Wildman–Crippen LogP) is 3.65. The van der Waals surface area contributed by atoms with Crippen molar-refractivity contribution in [3.63, 3.8) is 0 Å². The normalized spacial score (nSPS) is 12.0. The number of carbonyl (C=O) groups is 1. The van der Waals surface area contributed by atoms with E-state index >= 15 is 0 Å². The molecular formula is C15H15FO4. The molecule has 1 aromatic heterocycles. The molecule has 1 unspecified atom stereocenters. The molecule has 2 aromatic rings. The van der Waals surface area contributed by atoms with Gasteiger partial charge in [-0.05, 0) is 49.7 Å². The number of ether oxygens (including phenoxy) is 2. The lowest BCUT2D eigenvalue weighted by atomic mass is 10.2. The van der Waals surface area contributed by atoms with Gasteiger partial charge in [0.25, 0.3) is 0 Å². The highest BCUT2D eigenvalue weighted by atomic mass is 19.1. The summed E-state index contributed by atoms with van der Waals surface area (Å²) in [7, 11) is 1.28. The Labute approximate surface area is 116 Å². The van der Waals surface area contributed by atoms with Crippen LogP contribution in [0.1, 0.15) is 34.9 Å². The number of hydrogen-bond donors (Lipinski definition) is 0. The molecule has 4 nitrogen and oxygen atoms in total. The molecule has 0 radical (unpaired) electrons. The summed E-state index contributed by atoms with van der Waals surface area (Å²) < 4.78 is 28.6. The van der Waals surface area contributed by atoms with E-state index < -0.39 is 12.1 Å². The second-order valence-corrected chi connectivity index (χ2v) is 4.36. The van der Waals surface area contributed by atoms with Gasteiger partial charge in [-0.1, -0.05) is 0 Å². The fourth-order valence-corrected chi connectivity index (χ4v) is 1.78. The van der Waals surface area contributed by atoms with Gasteiger partial charge in [-0.15, -0.1) is 0 Å². The van der Waals surface area contributed by atoms with E-state index in [1.54, 1.807) is 26.0 Å². The molecule has 0 saturated carbocycles. The van der Waals surface area contributed by atoms with Crippen LogP contribution < -0.4 is 4.74 Å². The summed E-state index contributed by atoms with van der Waals surface area (Å²) in [5.41, 5.74) is 0.691. The van der Waals surface area contributed by atoms with Crippen LogP contribution in [0.25, 0.3) is 0 Å². The van der Waals surface area contributed by atoms with E-state index in [0.717, 1.165) is 0 Å². The van der Waals surface area contributed by atoms with Gasteiger partial charge in [0.15, 0.2) is 6.10 Å². The van der Waals surface area contributed by atoms with E-state index in [1.807, 2.05) is 0 Å². The van der Waals surface area contributed by atoms with Gasteiger partial charge in [-0.3, -0.25) is 0 Å². The zero-order valence-corrected chi connectivity index (χ0v) is 11.5. The number of rotatable bonds is 4. The van der Waals surface area contributed by atoms with Crippen LogP contribution in [0.15, 0.2) is 34.7 Å². The number of benzene rings is 1. The lowest BCUT2D eigenvalue weighted by Crippen LogP contribution is -2.04. The number of carbonyl (C=O) groups excluding carboxylic acids is 1. The van der Waals surface area contributed by atoms with E-state index in [2.05, 4.69) is 4.74 Å². The van der Waals surface area contributed by atoms with E-state index in [1.165, 1.54) is 25.3 Å². The zero-order chi connectivity index (χ0) is 14.7. The molecule has 1 heterocycles.